The molecule has 4 nitrogen and oxygen atoms in total. The molecule has 104 valence electrons. The topological polar surface area (TPSA) is 55.6 Å². The number of nitrogens with zero attached hydrogens (tertiary/aromatic N) is 1. The lowest BCUT2D eigenvalue weighted by Gasteiger charge is -2.28. The highest BCUT2D eigenvalue weighted by molar-refractivity contribution is 5.96. The molecule has 0 radical (unpaired) electrons. The lowest BCUT2D eigenvalue weighted by molar-refractivity contribution is 0.0701. The first-order valence-corrected chi connectivity index (χ1v) is 6.78. The number of hydrogen-bond acceptors (Lipinski definition) is 3. The van der Waals surface area contributed by atoms with Gasteiger partial charge in [-0.3, -0.25) is 4.79 Å². The number of nitrogen functional groups attached to an aromatic ring is 1. The Kier molecular flexibility index (Phi) is 3.98. The zero-order valence-corrected chi connectivity index (χ0v) is 11.8. The number of amides is 1. The maximum Gasteiger partial charge on any atom is 0.254 e. The van der Waals surface area contributed by atoms with E-state index in [1.54, 1.807) is 25.3 Å². The van der Waals surface area contributed by atoms with E-state index in [1.165, 1.54) is 0 Å². The highest BCUT2D eigenvalue weighted by atomic mass is 16.5. The van der Waals surface area contributed by atoms with E-state index in [9.17, 15) is 4.79 Å². The number of carbonyl (C=O) groups excluding carboxylic acids is 1. The van der Waals surface area contributed by atoms with Gasteiger partial charge in [0.05, 0.1) is 7.11 Å². The minimum absolute atomic E-state index is 0.0572. The summed E-state index contributed by atoms with van der Waals surface area (Å²) >= 11 is 0. The third-order valence-electron chi connectivity index (χ3n) is 3.74. The van der Waals surface area contributed by atoms with Crippen LogP contribution in [0.15, 0.2) is 18.2 Å². The molecule has 1 amide bonds. The van der Waals surface area contributed by atoms with Crippen molar-refractivity contribution in [3.05, 3.63) is 23.8 Å². The van der Waals surface area contributed by atoms with Crippen LogP contribution in [0.2, 0.25) is 0 Å². The fourth-order valence-electron chi connectivity index (χ4n) is 2.77. The van der Waals surface area contributed by atoms with E-state index in [0.717, 1.165) is 19.4 Å². The second-order valence-electron chi connectivity index (χ2n) is 5.45. The largest absolute Gasteiger partial charge is 0.497 e. The lowest BCUT2D eigenvalue weighted by Crippen LogP contribution is -2.38. The highest BCUT2D eigenvalue weighted by Gasteiger charge is 2.31. The molecule has 0 aromatic heterocycles. The smallest absolute Gasteiger partial charge is 0.254 e. The number of anilines is 1. The summed E-state index contributed by atoms with van der Waals surface area (Å²) in [6.45, 7) is 5.16. The molecule has 1 atom stereocenters. The highest BCUT2D eigenvalue weighted by Crippen LogP contribution is 2.27. The summed E-state index contributed by atoms with van der Waals surface area (Å²) < 4.78 is 5.17. The summed E-state index contributed by atoms with van der Waals surface area (Å²) in [4.78, 5) is 14.6. The minimum Gasteiger partial charge on any atom is -0.497 e. The Bertz CT molecular complexity index is 471. The first-order chi connectivity index (χ1) is 9.02. The predicted octanol–water partition coefficient (Wildman–Crippen LogP) is 2.54. The molecule has 1 aromatic carbocycles. The van der Waals surface area contributed by atoms with Crippen LogP contribution in [-0.2, 0) is 0 Å². The molecule has 2 N–H and O–H groups in total. The van der Waals surface area contributed by atoms with Crippen LogP contribution in [-0.4, -0.2) is 30.5 Å². The normalized spacial score (nSPS) is 18.9. The maximum absolute atomic E-state index is 12.6. The van der Waals surface area contributed by atoms with E-state index in [-0.39, 0.29) is 5.91 Å². The second-order valence-corrected chi connectivity index (χ2v) is 5.45. The van der Waals surface area contributed by atoms with Crippen molar-refractivity contribution in [1.82, 2.24) is 4.90 Å². The van der Waals surface area contributed by atoms with Crippen LogP contribution >= 0.6 is 0 Å². The van der Waals surface area contributed by atoms with Crippen molar-refractivity contribution in [2.45, 2.75) is 32.7 Å². The number of nitrogens with two attached hydrogens (primary N) is 1. The van der Waals surface area contributed by atoms with Gasteiger partial charge in [0, 0.05) is 29.9 Å². The summed E-state index contributed by atoms with van der Waals surface area (Å²) in [7, 11) is 1.58. The number of rotatable bonds is 3. The van der Waals surface area contributed by atoms with Gasteiger partial charge in [-0.1, -0.05) is 13.8 Å². The van der Waals surface area contributed by atoms with Crippen molar-refractivity contribution in [2.24, 2.45) is 5.92 Å². The minimum atomic E-state index is 0.0572. The second kappa shape index (κ2) is 5.51. The van der Waals surface area contributed by atoms with E-state index in [2.05, 4.69) is 13.8 Å². The Labute approximate surface area is 114 Å². The van der Waals surface area contributed by atoms with Crippen LogP contribution in [0.4, 0.5) is 5.69 Å². The van der Waals surface area contributed by atoms with Gasteiger partial charge in [-0.15, -0.1) is 0 Å². The van der Waals surface area contributed by atoms with Gasteiger partial charge in [0.15, 0.2) is 0 Å². The zero-order valence-electron chi connectivity index (χ0n) is 11.8. The first kappa shape index (κ1) is 13.7. The Morgan fingerprint density at radius 1 is 1.42 bits per heavy atom. The third kappa shape index (κ3) is 2.83. The Morgan fingerprint density at radius 3 is 2.79 bits per heavy atom. The quantitative estimate of drug-likeness (QED) is 0.852. The van der Waals surface area contributed by atoms with Gasteiger partial charge in [-0.05, 0) is 30.9 Å². The fraction of sp³-hybridized carbons (Fsp3) is 0.533. The number of ether oxygens (including phenoxy) is 1. The van der Waals surface area contributed by atoms with Gasteiger partial charge in [-0.2, -0.15) is 0 Å². The molecule has 2 rings (SSSR count). The molecule has 0 aliphatic carbocycles. The van der Waals surface area contributed by atoms with Crippen LogP contribution in [0.5, 0.6) is 5.75 Å². The van der Waals surface area contributed by atoms with Gasteiger partial charge in [0.1, 0.15) is 5.75 Å². The molecule has 1 heterocycles. The van der Waals surface area contributed by atoms with Crippen molar-refractivity contribution in [3.63, 3.8) is 0 Å². The first-order valence-electron chi connectivity index (χ1n) is 6.78. The number of methoxy groups -OCH3 is 1. The van der Waals surface area contributed by atoms with Gasteiger partial charge in [0.25, 0.3) is 5.91 Å². The molecule has 0 bridgehead atoms. The number of likely N-dealkylation sites (tertiary alicyclic amines) is 1. The molecule has 1 aliphatic heterocycles. The standard InChI is InChI=1S/C15H22N2O2/c1-10(2)14-5-4-6-17(14)15(18)11-7-12(16)9-13(8-11)19-3/h7-10,14H,4-6,16H2,1-3H3. The number of benzene rings is 1. The fourth-order valence-corrected chi connectivity index (χ4v) is 2.77. The SMILES string of the molecule is COc1cc(N)cc(C(=O)N2CCCC2C(C)C)c1. The molecule has 4 heteroatoms. The van der Waals surface area contributed by atoms with Crippen LogP contribution in [0, 0.1) is 5.92 Å². The lowest BCUT2D eigenvalue weighted by atomic mass is 10.0. The average Bonchev–Trinajstić information content (AvgIpc) is 2.86. The summed E-state index contributed by atoms with van der Waals surface area (Å²) in [5.74, 6) is 1.17. The van der Waals surface area contributed by atoms with Crippen LogP contribution in [0.25, 0.3) is 0 Å². The third-order valence-corrected chi connectivity index (χ3v) is 3.74. The van der Waals surface area contributed by atoms with E-state index < -0.39 is 0 Å². The molecule has 1 saturated heterocycles. The monoisotopic (exact) mass is 262 g/mol. The van der Waals surface area contributed by atoms with E-state index in [1.807, 2.05) is 4.90 Å². The molecule has 1 aromatic rings. The van der Waals surface area contributed by atoms with Gasteiger partial charge < -0.3 is 15.4 Å². The molecular formula is C15H22N2O2. The van der Waals surface area contributed by atoms with Crippen molar-refractivity contribution in [2.75, 3.05) is 19.4 Å². The predicted molar refractivity (Wildman–Crippen MR) is 76.3 cm³/mol. The van der Waals surface area contributed by atoms with Crippen LogP contribution < -0.4 is 10.5 Å². The van der Waals surface area contributed by atoms with E-state index in [4.69, 9.17) is 10.5 Å². The summed E-state index contributed by atoms with van der Waals surface area (Å²) in [6.07, 6.45) is 2.16. The molecule has 19 heavy (non-hydrogen) atoms. The van der Waals surface area contributed by atoms with Crippen molar-refractivity contribution < 1.29 is 9.53 Å². The zero-order chi connectivity index (χ0) is 14.0. The summed E-state index contributed by atoms with van der Waals surface area (Å²) in [5, 5.41) is 0. The van der Waals surface area contributed by atoms with E-state index in [0.29, 0.717) is 29.0 Å². The summed E-state index contributed by atoms with van der Waals surface area (Å²) in [6, 6.07) is 5.54. The molecule has 1 unspecified atom stereocenters. The summed E-state index contributed by atoms with van der Waals surface area (Å²) in [5.41, 5.74) is 6.99. The van der Waals surface area contributed by atoms with Crippen LogP contribution in [0.1, 0.15) is 37.0 Å². The Morgan fingerprint density at radius 2 is 2.16 bits per heavy atom. The maximum atomic E-state index is 12.6. The van der Waals surface area contributed by atoms with E-state index >= 15 is 0 Å². The number of hydrogen-bond donors (Lipinski definition) is 1. The van der Waals surface area contributed by atoms with Crippen molar-refractivity contribution in [3.8, 4) is 5.75 Å². The molecule has 1 fully saturated rings. The molecule has 1 aliphatic rings. The Balaban J connectivity index is 2.26. The van der Waals surface area contributed by atoms with Gasteiger partial charge >= 0.3 is 0 Å². The van der Waals surface area contributed by atoms with Gasteiger partial charge in [-0.25, -0.2) is 0 Å². The number of carbonyl (C=O) groups is 1. The average molecular weight is 262 g/mol. The molecule has 0 saturated carbocycles. The van der Waals surface area contributed by atoms with Crippen molar-refractivity contribution >= 4 is 11.6 Å². The van der Waals surface area contributed by atoms with Gasteiger partial charge in [0.2, 0.25) is 0 Å². The molecule has 0 spiro atoms. The molecular weight excluding hydrogens is 240 g/mol. The van der Waals surface area contributed by atoms with Crippen LogP contribution in [0.3, 0.4) is 0 Å². The Hall–Kier alpha value is -1.71. The van der Waals surface area contributed by atoms with Crippen molar-refractivity contribution in [1.29, 1.82) is 0 Å².